The second kappa shape index (κ2) is 9.36. The molecule has 3 N–H and O–H groups in total. The molecule has 0 saturated heterocycles. The van der Waals surface area contributed by atoms with Crippen molar-refractivity contribution in [3.8, 4) is 11.4 Å². The average molecular weight is 425 g/mol. The Morgan fingerprint density at radius 2 is 1.87 bits per heavy atom. The molecule has 154 valence electrons. The topological polar surface area (TPSA) is 103 Å². The van der Waals surface area contributed by atoms with Gasteiger partial charge in [-0.2, -0.15) is 0 Å². The van der Waals surface area contributed by atoms with Crippen molar-refractivity contribution in [1.82, 2.24) is 14.8 Å². The van der Waals surface area contributed by atoms with Crippen LogP contribution in [0.15, 0.2) is 66.3 Å². The molecule has 0 radical (unpaired) electrons. The van der Waals surface area contributed by atoms with Gasteiger partial charge in [0.2, 0.25) is 11.8 Å². The van der Waals surface area contributed by atoms with E-state index in [1.54, 1.807) is 49.4 Å². The summed E-state index contributed by atoms with van der Waals surface area (Å²) < 4.78 is 15.0. The Hall–Kier alpha value is -3.46. The molecule has 0 spiro atoms. The summed E-state index contributed by atoms with van der Waals surface area (Å²) in [5.74, 6) is -0.539. The highest BCUT2D eigenvalue weighted by atomic mass is 32.2. The molecule has 1 atom stereocenters. The Kier molecular flexibility index (Phi) is 6.63. The van der Waals surface area contributed by atoms with E-state index in [4.69, 9.17) is 5.73 Å². The Morgan fingerprint density at radius 1 is 1.20 bits per heavy atom. The first-order valence-electron chi connectivity index (χ1n) is 9.06. The van der Waals surface area contributed by atoms with Gasteiger partial charge in [-0.25, -0.2) is 4.39 Å². The third-order valence-electron chi connectivity index (χ3n) is 4.22. The van der Waals surface area contributed by atoms with Crippen LogP contribution in [0.4, 0.5) is 10.1 Å². The molecule has 2 aromatic carbocycles. The maximum Gasteiger partial charge on any atom is 0.248 e. The first-order valence-corrected chi connectivity index (χ1v) is 9.94. The first-order chi connectivity index (χ1) is 14.4. The average Bonchev–Trinajstić information content (AvgIpc) is 3.11. The summed E-state index contributed by atoms with van der Waals surface area (Å²) in [7, 11) is 0. The number of halogens is 1. The van der Waals surface area contributed by atoms with Crippen LogP contribution >= 0.6 is 11.8 Å². The van der Waals surface area contributed by atoms with Crippen LogP contribution in [0.5, 0.6) is 0 Å². The van der Waals surface area contributed by atoms with Gasteiger partial charge in [-0.1, -0.05) is 17.8 Å². The minimum absolute atomic E-state index is 0.233. The number of nitrogens with zero attached hydrogens (tertiary/aromatic N) is 3. The Labute approximate surface area is 177 Å². The standard InChI is InChI=1S/C21H20FN5O2S/c1-3-12-27-19(15-4-8-16(22)9-5-15)25-26-21(27)30-13(2)20(29)24-17-10-6-14(7-11-17)18(23)28/h3-11,13H,1,12H2,2H3,(H2,23,28)(H,24,29). The number of benzene rings is 2. The lowest BCUT2D eigenvalue weighted by Gasteiger charge is -2.13. The number of nitrogens with two attached hydrogens (primary N) is 1. The van der Waals surface area contributed by atoms with E-state index in [0.717, 1.165) is 0 Å². The fourth-order valence-electron chi connectivity index (χ4n) is 2.66. The number of anilines is 1. The summed E-state index contributed by atoms with van der Waals surface area (Å²) >= 11 is 1.25. The monoisotopic (exact) mass is 425 g/mol. The lowest BCUT2D eigenvalue weighted by atomic mass is 10.2. The number of primary amides is 1. The van der Waals surface area contributed by atoms with E-state index in [9.17, 15) is 14.0 Å². The predicted molar refractivity (Wildman–Crippen MR) is 115 cm³/mol. The number of allylic oxidation sites excluding steroid dienone is 1. The van der Waals surface area contributed by atoms with Gasteiger partial charge in [0, 0.05) is 23.4 Å². The third kappa shape index (κ3) is 4.93. The van der Waals surface area contributed by atoms with E-state index in [-0.39, 0.29) is 11.7 Å². The van der Waals surface area contributed by atoms with Gasteiger partial charge in [-0.05, 0) is 55.5 Å². The van der Waals surface area contributed by atoms with Gasteiger partial charge in [0.05, 0.1) is 5.25 Å². The van der Waals surface area contributed by atoms with Crippen molar-refractivity contribution in [2.75, 3.05) is 5.32 Å². The van der Waals surface area contributed by atoms with Crippen molar-refractivity contribution in [3.63, 3.8) is 0 Å². The van der Waals surface area contributed by atoms with Crippen LogP contribution in [-0.4, -0.2) is 31.8 Å². The summed E-state index contributed by atoms with van der Waals surface area (Å²) in [6, 6.07) is 12.3. The van der Waals surface area contributed by atoms with Crippen molar-refractivity contribution >= 4 is 29.3 Å². The van der Waals surface area contributed by atoms with Crippen LogP contribution in [0.25, 0.3) is 11.4 Å². The number of rotatable bonds is 8. The van der Waals surface area contributed by atoms with Crippen LogP contribution in [0.3, 0.4) is 0 Å². The van der Waals surface area contributed by atoms with Crippen molar-refractivity contribution in [2.24, 2.45) is 5.73 Å². The van der Waals surface area contributed by atoms with Gasteiger partial charge in [-0.15, -0.1) is 16.8 Å². The highest BCUT2D eigenvalue weighted by Crippen LogP contribution is 2.27. The molecule has 1 heterocycles. The Bertz CT molecular complexity index is 1060. The Morgan fingerprint density at radius 3 is 2.47 bits per heavy atom. The molecular formula is C21H20FN5O2S. The fraction of sp³-hybridized carbons (Fsp3) is 0.143. The van der Waals surface area contributed by atoms with E-state index in [2.05, 4.69) is 22.1 Å². The highest BCUT2D eigenvalue weighted by Gasteiger charge is 2.20. The molecule has 0 aliphatic carbocycles. The summed E-state index contributed by atoms with van der Waals surface area (Å²) in [6.45, 7) is 5.95. The lowest BCUT2D eigenvalue weighted by Crippen LogP contribution is -2.23. The fourth-order valence-corrected chi connectivity index (χ4v) is 3.51. The smallest absolute Gasteiger partial charge is 0.248 e. The second-order valence-electron chi connectivity index (χ2n) is 6.40. The number of hydrogen-bond donors (Lipinski definition) is 2. The zero-order chi connectivity index (χ0) is 21.7. The van der Waals surface area contributed by atoms with Gasteiger partial charge in [-0.3, -0.25) is 14.2 Å². The van der Waals surface area contributed by atoms with Crippen molar-refractivity contribution in [2.45, 2.75) is 23.9 Å². The van der Waals surface area contributed by atoms with Crippen LogP contribution in [0.2, 0.25) is 0 Å². The molecule has 30 heavy (non-hydrogen) atoms. The van der Waals surface area contributed by atoms with Gasteiger partial charge in [0.1, 0.15) is 5.82 Å². The highest BCUT2D eigenvalue weighted by molar-refractivity contribution is 8.00. The SMILES string of the molecule is C=CCn1c(SC(C)C(=O)Nc2ccc(C(N)=O)cc2)nnc1-c1ccc(F)cc1. The largest absolute Gasteiger partial charge is 0.366 e. The zero-order valence-corrected chi connectivity index (χ0v) is 17.0. The number of aromatic nitrogens is 3. The molecule has 0 aliphatic rings. The van der Waals surface area contributed by atoms with Crippen LogP contribution in [-0.2, 0) is 11.3 Å². The number of nitrogens with one attached hydrogen (secondary N) is 1. The number of hydrogen-bond acceptors (Lipinski definition) is 5. The van der Waals surface area contributed by atoms with Crippen molar-refractivity contribution in [3.05, 3.63) is 72.6 Å². The van der Waals surface area contributed by atoms with Crippen molar-refractivity contribution < 1.29 is 14.0 Å². The zero-order valence-electron chi connectivity index (χ0n) is 16.2. The molecule has 3 aromatic rings. The van der Waals surface area contributed by atoms with Gasteiger partial charge in [0.15, 0.2) is 11.0 Å². The second-order valence-corrected chi connectivity index (χ2v) is 7.71. The maximum atomic E-state index is 13.2. The van der Waals surface area contributed by atoms with Crippen LogP contribution < -0.4 is 11.1 Å². The predicted octanol–water partition coefficient (Wildman–Crippen LogP) is 3.49. The van der Waals surface area contributed by atoms with Crippen LogP contribution in [0.1, 0.15) is 17.3 Å². The summed E-state index contributed by atoms with van der Waals surface area (Å²) in [6.07, 6.45) is 1.70. The molecule has 3 rings (SSSR count). The summed E-state index contributed by atoms with van der Waals surface area (Å²) in [4.78, 5) is 23.7. The van der Waals surface area contributed by atoms with E-state index < -0.39 is 11.2 Å². The Balaban J connectivity index is 1.74. The third-order valence-corrected chi connectivity index (χ3v) is 5.30. The van der Waals surface area contributed by atoms with E-state index in [1.165, 1.54) is 23.9 Å². The minimum atomic E-state index is -0.532. The molecule has 9 heteroatoms. The molecule has 2 amide bonds. The summed E-state index contributed by atoms with van der Waals surface area (Å²) in [5, 5.41) is 11.3. The van der Waals surface area contributed by atoms with Gasteiger partial charge >= 0.3 is 0 Å². The molecule has 1 unspecified atom stereocenters. The minimum Gasteiger partial charge on any atom is -0.366 e. The summed E-state index contributed by atoms with van der Waals surface area (Å²) in [5.41, 5.74) is 6.85. The van der Waals surface area contributed by atoms with Crippen molar-refractivity contribution in [1.29, 1.82) is 0 Å². The molecule has 0 saturated carbocycles. The van der Waals surface area contributed by atoms with Gasteiger partial charge < -0.3 is 11.1 Å². The normalized spacial score (nSPS) is 11.7. The van der Waals surface area contributed by atoms with Crippen LogP contribution in [0, 0.1) is 5.82 Å². The van der Waals surface area contributed by atoms with E-state index >= 15 is 0 Å². The molecule has 7 nitrogen and oxygen atoms in total. The van der Waals surface area contributed by atoms with Gasteiger partial charge in [0.25, 0.3) is 0 Å². The quantitative estimate of drug-likeness (QED) is 0.425. The lowest BCUT2D eigenvalue weighted by molar-refractivity contribution is -0.115. The number of thioether (sulfide) groups is 1. The maximum absolute atomic E-state index is 13.2. The number of amides is 2. The molecule has 0 aliphatic heterocycles. The number of carbonyl (C=O) groups is 2. The van der Waals surface area contributed by atoms with E-state index in [0.29, 0.717) is 34.3 Å². The molecule has 1 aromatic heterocycles. The van der Waals surface area contributed by atoms with E-state index in [1.807, 2.05) is 4.57 Å². The molecule has 0 fully saturated rings. The first kappa shape index (κ1) is 21.3. The molecular weight excluding hydrogens is 405 g/mol. The number of carbonyl (C=O) groups excluding carboxylic acids is 2. The molecule has 0 bridgehead atoms.